The molecule has 0 spiro atoms. The van der Waals surface area contributed by atoms with Crippen molar-refractivity contribution in [3.8, 4) is 11.5 Å². The van der Waals surface area contributed by atoms with Crippen molar-refractivity contribution in [2.24, 2.45) is 0 Å². The predicted molar refractivity (Wildman–Crippen MR) is 67.0 cm³/mol. The molecule has 0 atom stereocenters. The van der Waals surface area contributed by atoms with Crippen LogP contribution in [0.2, 0.25) is 0 Å². The largest absolute Gasteiger partial charge is 0.482 e. The molecule has 17 heavy (non-hydrogen) atoms. The minimum atomic E-state index is 0.478. The highest BCUT2D eigenvalue weighted by atomic mass is 16.6. The number of benzene rings is 2. The molecule has 1 heterocycles. The van der Waals surface area contributed by atoms with E-state index >= 15 is 0 Å². The van der Waals surface area contributed by atoms with Gasteiger partial charge in [-0.25, -0.2) is 0 Å². The number of hydrogen-bond donors (Lipinski definition) is 0. The summed E-state index contributed by atoms with van der Waals surface area (Å²) in [6.07, 6.45) is 2.00. The molecule has 2 nitrogen and oxygen atoms in total. The Morgan fingerprint density at radius 2 is 1.53 bits per heavy atom. The standard InChI is InChI=1S/C15H12O2/c1-2-6-12(7-3-1)10-13-11-16-14-8-4-5-9-15(14)17-13/h1-10H,11H2/b13-10-. The van der Waals surface area contributed by atoms with Gasteiger partial charge in [-0.15, -0.1) is 0 Å². The zero-order chi connectivity index (χ0) is 11.5. The fourth-order valence-electron chi connectivity index (χ4n) is 1.78. The van der Waals surface area contributed by atoms with Gasteiger partial charge < -0.3 is 9.47 Å². The zero-order valence-corrected chi connectivity index (χ0v) is 9.30. The molecule has 0 radical (unpaired) electrons. The summed E-state index contributed by atoms with van der Waals surface area (Å²) in [6.45, 7) is 0.478. The highest BCUT2D eigenvalue weighted by Gasteiger charge is 2.14. The van der Waals surface area contributed by atoms with Gasteiger partial charge in [0, 0.05) is 0 Å². The molecule has 0 amide bonds. The number of hydrogen-bond acceptors (Lipinski definition) is 2. The molecule has 0 saturated heterocycles. The third-order valence-corrected chi connectivity index (χ3v) is 2.59. The summed E-state index contributed by atoms with van der Waals surface area (Å²) in [5, 5.41) is 0. The molecule has 1 aliphatic rings. The lowest BCUT2D eigenvalue weighted by molar-refractivity contribution is 0.235. The summed E-state index contributed by atoms with van der Waals surface area (Å²) in [4.78, 5) is 0. The van der Waals surface area contributed by atoms with Crippen LogP contribution in [0.1, 0.15) is 5.56 Å². The lowest BCUT2D eigenvalue weighted by Crippen LogP contribution is -2.13. The van der Waals surface area contributed by atoms with E-state index in [0.717, 1.165) is 22.8 Å². The van der Waals surface area contributed by atoms with Gasteiger partial charge in [-0.05, 0) is 23.8 Å². The molecule has 2 aromatic rings. The van der Waals surface area contributed by atoms with E-state index in [1.165, 1.54) is 0 Å². The number of rotatable bonds is 1. The Morgan fingerprint density at radius 3 is 2.35 bits per heavy atom. The minimum Gasteiger partial charge on any atom is -0.482 e. The Hall–Kier alpha value is -2.22. The normalized spacial score (nSPS) is 15.9. The highest BCUT2D eigenvalue weighted by Crippen LogP contribution is 2.32. The smallest absolute Gasteiger partial charge is 0.169 e. The second-order valence-electron chi connectivity index (χ2n) is 3.86. The summed E-state index contributed by atoms with van der Waals surface area (Å²) < 4.78 is 11.4. The maximum absolute atomic E-state index is 5.77. The van der Waals surface area contributed by atoms with Crippen molar-refractivity contribution >= 4 is 6.08 Å². The molecule has 3 rings (SSSR count). The molecule has 0 N–H and O–H groups in total. The average Bonchev–Trinajstić information content (AvgIpc) is 2.40. The first-order valence-electron chi connectivity index (χ1n) is 5.57. The van der Waals surface area contributed by atoms with Crippen LogP contribution in [0, 0.1) is 0 Å². The maximum atomic E-state index is 5.77. The molecule has 84 valence electrons. The summed E-state index contributed by atoms with van der Waals surface area (Å²) in [6, 6.07) is 17.8. The van der Waals surface area contributed by atoms with Crippen LogP contribution in [-0.4, -0.2) is 6.61 Å². The lowest BCUT2D eigenvalue weighted by atomic mass is 10.2. The van der Waals surface area contributed by atoms with Crippen LogP contribution in [0.25, 0.3) is 6.08 Å². The van der Waals surface area contributed by atoms with E-state index < -0.39 is 0 Å². The van der Waals surface area contributed by atoms with Gasteiger partial charge in [-0.3, -0.25) is 0 Å². The SMILES string of the molecule is C(=C1\COc2ccccc2O1)/c1ccccc1. The van der Waals surface area contributed by atoms with Crippen molar-refractivity contribution in [3.05, 3.63) is 65.9 Å². The number of para-hydroxylation sites is 2. The predicted octanol–water partition coefficient (Wildman–Crippen LogP) is 3.50. The zero-order valence-electron chi connectivity index (χ0n) is 9.30. The first-order chi connectivity index (χ1) is 8.42. The summed E-state index contributed by atoms with van der Waals surface area (Å²) in [7, 11) is 0. The minimum absolute atomic E-state index is 0.478. The maximum Gasteiger partial charge on any atom is 0.169 e. The van der Waals surface area contributed by atoms with E-state index in [1.54, 1.807) is 0 Å². The van der Waals surface area contributed by atoms with Crippen molar-refractivity contribution in [3.63, 3.8) is 0 Å². The van der Waals surface area contributed by atoms with Crippen molar-refractivity contribution in [2.75, 3.05) is 6.61 Å². The van der Waals surface area contributed by atoms with Crippen LogP contribution in [0.15, 0.2) is 60.4 Å². The third-order valence-electron chi connectivity index (χ3n) is 2.59. The number of ether oxygens (including phenoxy) is 2. The Morgan fingerprint density at radius 1 is 0.824 bits per heavy atom. The molecule has 0 aliphatic carbocycles. The van der Waals surface area contributed by atoms with Gasteiger partial charge in [-0.1, -0.05) is 42.5 Å². The molecule has 2 heteroatoms. The second-order valence-corrected chi connectivity index (χ2v) is 3.86. The molecule has 0 aromatic heterocycles. The second kappa shape index (κ2) is 4.34. The average molecular weight is 224 g/mol. The van der Waals surface area contributed by atoms with E-state index in [-0.39, 0.29) is 0 Å². The summed E-state index contributed by atoms with van der Waals surface area (Å²) >= 11 is 0. The Labute approximate surface area is 100 Å². The van der Waals surface area contributed by atoms with Crippen LogP contribution in [-0.2, 0) is 0 Å². The van der Waals surface area contributed by atoms with Crippen LogP contribution in [0.3, 0.4) is 0 Å². The van der Waals surface area contributed by atoms with E-state index in [1.807, 2.05) is 60.7 Å². The fraction of sp³-hybridized carbons (Fsp3) is 0.0667. The summed E-state index contributed by atoms with van der Waals surface area (Å²) in [5.74, 6) is 2.41. The quantitative estimate of drug-likeness (QED) is 0.738. The van der Waals surface area contributed by atoms with Gasteiger partial charge in [0.2, 0.25) is 0 Å². The van der Waals surface area contributed by atoms with E-state index in [2.05, 4.69) is 0 Å². The van der Waals surface area contributed by atoms with E-state index in [4.69, 9.17) is 9.47 Å². The molecule has 2 aromatic carbocycles. The fourth-order valence-corrected chi connectivity index (χ4v) is 1.78. The van der Waals surface area contributed by atoms with E-state index in [9.17, 15) is 0 Å². The van der Waals surface area contributed by atoms with Crippen molar-refractivity contribution in [2.45, 2.75) is 0 Å². The number of fused-ring (bicyclic) bond motifs is 1. The van der Waals surface area contributed by atoms with Gasteiger partial charge in [0.15, 0.2) is 11.5 Å². The Kier molecular flexibility index (Phi) is 2.54. The molecule has 0 fully saturated rings. The lowest BCUT2D eigenvalue weighted by Gasteiger charge is -2.20. The summed E-state index contributed by atoms with van der Waals surface area (Å²) in [5.41, 5.74) is 1.12. The molecule has 1 aliphatic heterocycles. The first-order valence-corrected chi connectivity index (χ1v) is 5.57. The topological polar surface area (TPSA) is 18.5 Å². The highest BCUT2D eigenvalue weighted by molar-refractivity contribution is 5.54. The molecule has 0 bridgehead atoms. The van der Waals surface area contributed by atoms with Gasteiger partial charge in [0.1, 0.15) is 12.4 Å². The first kappa shape index (κ1) is 9.97. The van der Waals surface area contributed by atoms with Crippen LogP contribution in [0.5, 0.6) is 11.5 Å². The monoisotopic (exact) mass is 224 g/mol. The Balaban J connectivity index is 1.87. The molecule has 0 unspecified atom stereocenters. The van der Waals surface area contributed by atoms with Gasteiger partial charge in [-0.2, -0.15) is 0 Å². The van der Waals surface area contributed by atoms with Crippen molar-refractivity contribution in [1.29, 1.82) is 0 Å². The van der Waals surface area contributed by atoms with Gasteiger partial charge >= 0.3 is 0 Å². The van der Waals surface area contributed by atoms with Gasteiger partial charge in [0.05, 0.1) is 0 Å². The van der Waals surface area contributed by atoms with Crippen LogP contribution < -0.4 is 9.47 Å². The van der Waals surface area contributed by atoms with Crippen LogP contribution >= 0.6 is 0 Å². The molecular weight excluding hydrogens is 212 g/mol. The van der Waals surface area contributed by atoms with Crippen molar-refractivity contribution < 1.29 is 9.47 Å². The van der Waals surface area contributed by atoms with Gasteiger partial charge in [0.25, 0.3) is 0 Å². The van der Waals surface area contributed by atoms with Crippen molar-refractivity contribution in [1.82, 2.24) is 0 Å². The van der Waals surface area contributed by atoms with E-state index in [0.29, 0.717) is 6.61 Å². The van der Waals surface area contributed by atoms with Crippen LogP contribution in [0.4, 0.5) is 0 Å². The Bertz CT molecular complexity index is 544. The third kappa shape index (κ3) is 2.16. The molecule has 0 saturated carbocycles. The molecular formula is C15H12O2.